The van der Waals surface area contributed by atoms with Crippen LogP contribution in [0.1, 0.15) is 41.8 Å². The fraction of sp³-hybridized carbons (Fsp3) is 0.350. The second kappa shape index (κ2) is 8.21. The van der Waals surface area contributed by atoms with E-state index >= 15 is 0 Å². The van der Waals surface area contributed by atoms with Crippen LogP contribution < -0.4 is 0 Å². The molecule has 0 aliphatic heterocycles. The standard InChI is InChI=1S/C20H23NO5S/c1-2-26-20(23)16-8-12-18(13-9-16)27(24,25)21(17-10-11-17)14-19(22)15-6-4-3-5-7-15/h3-9,12-13,17,19,22H,2,10-11,14H2,1H3/t19-/m0/s1. The van der Waals surface area contributed by atoms with Crippen LogP contribution >= 0.6 is 0 Å². The van der Waals surface area contributed by atoms with E-state index < -0.39 is 22.1 Å². The third kappa shape index (κ3) is 4.55. The number of rotatable bonds is 8. The van der Waals surface area contributed by atoms with E-state index in [1.165, 1.54) is 28.6 Å². The van der Waals surface area contributed by atoms with Crippen molar-refractivity contribution in [3.63, 3.8) is 0 Å². The number of esters is 1. The van der Waals surface area contributed by atoms with Crippen LogP contribution in [0.4, 0.5) is 0 Å². The van der Waals surface area contributed by atoms with Crippen molar-refractivity contribution in [2.24, 2.45) is 0 Å². The summed E-state index contributed by atoms with van der Waals surface area (Å²) in [6, 6.07) is 14.6. The summed E-state index contributed by atoms with van der Waals surface area (Å²) in [6.45, 7) is 1.96. The number of ether oxygens (including phenoxy) is 1. The molecule has 1 fully saturated rings. The SMILES string of the molecule is CCOC(=O)c1ccc(S(=O)(=O)N(C[C@H](O)c2ccccc2)C2CC2)cc1. The van der Waals surface area contributed by atoms with Gasteiger partial charge in [0, 0.05) is 12.6 Å². The molecule has 7 heteroatoms. The van der Waals surface area contributed by atoms with Crippen molar-refractivity contribution < 1.29 is 23.1 Å². The predicted molar refractivity (Wildman–Crippen MR) is 101 cm³/mol. The minimum Gasteiger partial charge on any atom is -0.462 e. The molecule has 27 heavy (non-hydrogen) atoms. The van der Waals surface area contributed by atoms with Crippen molar-refractivity contribution in [2.45, 2.75) is 36.8 Å². The van der Waals surface area contributed by atoms with Gasteiger partial charge in [0.25, 0.3) is 0 Å². The molecule has 2 aromatic rings. The highest BCUT2D eigenvalue weighted by Gasteiger charge is 2.39. The Bertz CT molecular complexity index is 876. The van der Waals surface area contributed by atoms with E-state index in [0.29, 0.717) is 11.1 Å². The number of nitrogens with zero attached hydrogens (tertiary/aromatic N) is 1. The van der Waals surface area contributed by atoms with Crippen LogP contribution in [0.15, 0.2) is 59.5 Å². The summed E-state index contributed by atoms with van der Waals surface area (Å²) in [7, 11) is -3.77. The molecule has 1 saturated carbocycles. The first kappa shape index (κ1) is 19.5. The Hall–Kier alpha value is -2.22. The summed E-state index contributed by atoms with van der Waals surface area (Å²) in [6.07, 6.45) is 0.656. The van der Waals surface area contributed by atoms with Crippen LogP contribution in [0, 0.1) is 0 Å². The quantitative estimate of drug-likeness (QED) is 0.702. The monoisotopic (exact) mass is 389 g/mol. The Morgan fingerprint density at radius 1 is 1.15 bits per heavy atom. The van der Waals surface area contributed by atoms with Gasteiger partial charge in [0.1, 0.15) is 0 Å². The summed E-state index contributed by atoms with van der Waals surface area (Å²) in [5.41, 5.74) is 0.981. The Balaban J connectivity index is 1.81. The van der Waals surface area contributed by atoms with Crippen molar-refractivity contribution in [2.75, 3.05) is 13.2 Å². The lowest BCUT2D eigenvalue weighted by Crippen LogP contribution is -2.36. The second-order valence-electron chi connectivity index (χ2n) is 6.48. The molecule has 0 bridgehead atoms. The van der Waals surface area contributed by atoms with Gasteiger partial charge in [-0.3, -0.25) is 0 Å². The van der Waals surface area contributed by atoms with Crippen molar-refractivity contribution in [3.8, 4) is 0 Å². The molecule has 144 valence electrons. The molecular weight excluding hydrogens is 366 g/mol. The van der Waals surface area contributed by atoms with E-state index in [9.17, 15) is 18.3 Å². The molecule has 2 aromatic carbocycles. The maximum absolute atomic E-state index is 13.1. The average Bonchev–Trinajstić information content (AvgIpc) is 3.51. The van der Waals surface area contributed by atoms with Gasteiger partial charge in [0.05, 0.1) is 23.2 Å². The third-order valence-electron chi connectivity index (χ3n) is 4.46. The molecule has 0 saturated heterocycles. The van der Waals surface area contributed by atoms with E-state index in [1.54, 1.807) is 19.1 Å². The lowest BCUT2D eigenvalue weighted by Gasteiger charge is -2.25. The molecule has 1 atom stereocenters. The fourth-order valence-corrected chi connectivity index (χ4v) is 4.56. The number of aliphatic hydroxyl groups is 1. The number of carbonyl (C=O) groups excluding carboxylic acids is 1. The zero-order valence-corrected chi connectivity index (χ0v) is 15.9. The molecule has 0 radical (unpaired) electrons. The zero-order valence-electron chi connectivity index (χ0n) is 15.1. The first-order chi connectivity index (χ1) is 12.9. The fourth-order valence-electron chi connectivity index (χ4n) is 2.87. The van der Waals surface area contributed by atoms with Crippen LogP contribution in [0.5, 0.6) is 0 Å². The van der Waals surface area contributed by atoms with Crippen LogP contribution in [-0.4, -0.2) is 43.0 Å². The highest BCUT2D eigenvalue weighted by molar-refractivity contribution is 7.89. The number of aliphatic hydroxyl groups excluding tert-OH is 1. The highest BCUT2D eigenvalue weighted by Crippen LogP contribution is 2.34. The molecule has 1 N–H and O–H groups in total. The maximum Gasteiger partial charge on any atom is 0.338 e. The van der Waals surface area contributed by atoms with Crippen molar-refractivity contribution >= 4 is 16.0 Å². The van der Waals surface area contributed by atoms with Crippen molar-refractivity contribution in [1.82, 2.24) is 4.31 Å². The lowest BCUT2D eigenvalue weighted by atomic mass is 10.1. The molecule has 0 aromatic heterocycles. The van der Waals surface area contributed by atoms with Gasteiger partial charge < -0.3 is 9.84 Å². The van der Waals surface area contributed by atoms with Crippen molar-refractivity contribution in [3.05, 3.63) is 65.7 Å². The molecule has 0 amide bonds. The molecule has 3 rings (SSSR count). The molecule has 1 aliphatic rings. The third-order valence-corrected chi connectivity index (χ3v) is 6.40. The van der Waals surface area contributed by atoms with Gasteiger partial charge in [0.15, 0.2) is 0 Å². The average molecular weight is 389 g/mol. The number of sulfonamides is 1. The van der Waals surface area contributed by atoms with Gasteiger partial charge in [0.2, 0.25) is 10.0 Å². The number of hydrogen-bond acceptors (Lipinski definition) is 5. The Kier molecular flexibility index (Phi) is 5.94. The van der Waals surface area contributed by atoms with E-state index in [0.717, 1.165) is 12.8 Å². The topological polar surface area (TPSA) is 83.9 Å². The van der Waals surface area contributed by atoms with Gasteiger partial charge in [-0.25, -0.2) is 13.2 Å². The Labute approximate surface area is 159 Å². The van der Waals surface area contributed by atoms with Crippen LogP contribution in [0.3, 0.4) is 0 Å². The number of carbonyl (C=O) groups is 1. The highest BCUT2D eigenvalue weighted by atomic mass is 32.2. The van der Waals surface area contributed by atoms with Gasteiger partial charge in [-0.15, -0.1) is 0 Å². The number of benzene rings is 2. The molecule has 0 spiro atoms. The first-order valence-electron chi connectivity index (χ1n) is 8.95. The van der Waals surface area contributed by atoms with Gasteiger partial charge in [-0.05, 0) is 49.6 Å². The largest absolute Gasteiger partial charge is 0.462 e. The Morgan fingerprint density at radius 3 is 2.33 bits per heavy atom. The predicted octanol–water partition coefficient (Wildman–Crippen LogP) is 2.75. The summed E-state index contributed by atoms with van der Waals surface area (Å²) < 4.78 is 32.5. The van der Waals surface area contributed by atoms with E-state index in [-0.39, 0.29) is 24.1 Å². The number of hydrogen-bond donors (Lipinski definition) is 1. The van der Waals surface area contributed by atoms with Gasteiger partial charge >= 0.3 is 5.97 Å². The lowest BCUT2D eigenvalue weighted by molar-refractivity contribution is 0.0526. The summed E-state index contributed by atoms with van der Waals surface area (Å²) in [5.74, 6) is -0.486. The normalized spacial score (nSPS) is 15.5. The van der Waals surface area contributed by atoms with Gasteiger partial charge in [-0.2, -0.15) is 4.31 Å². The van der Waals surface area contributed by atoms with Gasteiger partial charge in [-0.1, -0.05) is 30.3 Å². The Morgan fingerprint density at radius 2 is 1.78 bits per heavy atom. The molecule has 6 nitrogen and oxygen atoms in total. The van der Waals surface area contributed by atoms with E-state index in [1.807, 2.05) is 18.2 Å². The minimum atomic E-state index is -3.77. The smallest absolute Gasteiger partial charge is 0.338 e. The minimum absolute atomic E-state index is 0.00333. The molecule has 0 heterocycles. The zero-order chi connectivity index (χ0) is 19.4. The summed E-state index contributed by atoms with van der Waals surface area (Å²) in [5, 5.41) is 10.5. The van der Waals surface area contributed by atoms with Crippen molar-refractivity contribution in [1.29, 1.82) is 0 Å². The summed E-state index contributed by atoms with van der Waals surface area (Å²) in [4.78, 5) is 11.8. The van der Waals surface area contributed by atoms with Crippen LogP contribution in [0.25, 0.3) is 0 Å². The second-order valence-corrected chi connectivity index (χ2v) is 8.37. The van der Waals surface area contributed by atoms with Crippen LogP contribution in [0.2, 0.25) is 0 Å². The first-order valence-corrected chi connectivity index (χ1v) is 10.4. The summed E-state index contributed by atoms with van der Waals surface area (Å²) >= 11 is 0. The van der Waals surface area contributed by atoms with E-state index in [4.69, 9.17) is 4.74 Å². The van der Waals surface area contributed by atoms with Crippen LogP contribution in [-0.2, 0) is 14.8 Å². The molecule has 0 unspecified atom stereocenters. The molecule has 1 aliphatic carbocycles. The maximum atomic E-state index is 13.1. The van der Waals surface area contributed by atoms with E-state index in [2.05, 4.69) is 0 Å². The molecular formula is C20H23NO5S.